The second-order valence-corrected chi connectivity index (χ2v) is 11.1. The lowest BCUT2D eigenvalue weighted by Gasteiger charge is -2.43. The van der Waals surface area contributed by atoms with Crippen molar-refractivity contribution in [3.8, 4) is 0 Å². The molecule has 3 aromatic rings. The van der Waals surface area contributed by atoms with Crippen molar-refractivity contribution in [1.29, 1.82) is 0 Å². The maximum absolute atomic E-state index is 13.5. The van der Waals surface area contributed by atoms with Gasteiger partial charge in [-0.25, -0.2) is 0 Å². The van der Waals surface area contributed by atoms with E-state index in [-0.39, 0.29) is 23.2 Å². The molecule has 5 rings (SSSR count). The van der Waals surface area contributed by atoms with Gasteiger partial charge in [0.15, 0.2) is 5.78 Å². The molecule has 1 saturated heterocycles. The summed E-state index contributed by atoms with van der Waals surface area (Å²) in [4.78, 5) is 39.8. The van der Waals surface area contributed by atoms with Gasteiger partial charge < -0.3 is 14.8 Å². The van der Waals surface area contributed by atoms with Crippen molar-refractivity contribution in [2.75, 3.05) is 18.4 Å². The van der Waals surface area contributed by atoms with Gasteiger partial charge in [0.2, 0.25) is 5.91 Å². The van der Waals surface area contributed by atoms with E-state index in [9.17, 15) is 14.4 Å². The highest BCUT2D eigenvalue weighted by Crippen LogP contribution is 2.39. The van der Waals surface area contributed by atoms with Crippen LogP contribution in [-0.2, 0) is 11.3 Å². The fourth-order valence-electron chi connectivity index (χ4n) is 5.15. The van der Waals surface area contributed by atoms with Gasteiger partial charge >= 0.3 is 0 Å². The average molecular weight is 518 g/mol. The molecule has 2 bridgehead atoms. The highest BCUT2D eigenvalue weighted by atomic mass is 32.2. The standard InChI is InChI=1S/C28H27N3O3S2/c1-18(32)21-9-5-10-23(14-21)29-27(34)26(20-7-3-2-4-8-20)36-28(35)30-15-19-13-22(17-30)24-11-6-12-25(33)31(24)16-19/h2-12,14,19,22,26H,13,15-17H2,1H3,(H,29,34)/t19-,22-,26+/m0/s1. The third-order valence-electron chi connectivity index (χ3n) is 6.83. The minimum Gasteiger partial charge on any atom is -0.356 e. The number of ketones is 1. The summed E-state index contributed by atoms with van der Waals surface area (Å²) in [5.74, 6) is 0.334. The molecule has 2 aromatic carbocycles. The van der Waals surface area contributed by atoms with Gasteiger partial charge in [0.1, 0.15) is 9.57 Å². The number of benzene rings is 2. The third kappa shape index (κ3) is 5.15. The number of aromatic nitrogens is 1. The number of fused-ring (bicyclic) bond motifs is 4. The van der Waals surface area contributed by atoms with Crippen LogP contribution in [0.4, 0.5) is 5.69 Å². The molecule has 2 aliphatic heterocycles. The number of nitrogens with one attached hydrogen (secondary N) is 1. The Morgan fingerprint density at radius 3 is 2.56 bits per heavy atom. The number of pyridine rings is 1. The number of hydrogen-bond donors (Lipinski definition) is 1. The molecule has 1 aromatic heterocycles. The molecule has 0 spiro atoms. The largest absolute Gasteiger partial charge is 0.356 e. The number of Topliss-reactive ketones (excluding diaryl/α,β-unsaturated/α-hetero) is 1. The number of nitrogens with zero attached hydrogens (tertiary/aromatic N) is 2. The zero-order valence-electron chi connectivity index (χ0n) is 19.9. The SMILES string of the molecule is CC(=O)c1cccc(NC(=O)[C@H](SC(=S)N2C[C@@H]3C[C@@H](C2)c2cccc(=O)n2C3)c2ccccc2)c1. The highest BCUT2D eigenvalue weighted by Gasteiger charge is 2.36. The Kier molecular flexibility index (Phi) is 7.07. The van der Waals surface area contributed by atoms with E-state index in [1.807, 2.05) is 47.0 Å². The number of thiocarbonyl (C=S) groups is 1. The number of carbonyl (C=O) groups excluding carboxylic acids is 2. The lowest BCUT2D eigenvalue weighted by atomic mass is 9.83. The van der Waals surface area contributed by atoms with Crippen LogP contribution in [0.15, 0.2) is 77.6 Å². The highest BCUT2D eigenvalue weighted by molar-refractivity contribution is 8.23. The molecule has 0 saturated carbocycles. The van der Waals surface area contributed by atoms with Crippen molar-refractivity contribution in [2.45, 2.75) is 31.1 Å². The van der Waals surface area contributed by atoms with E-state index >= 15 is 0 Å². The fraction of sp³-hybridized carbons (Fsp3) is 0.286. The van der Waals surface area contributed by atoms with Crippen LogP contribution in [0, 0.1) is 5.92 Å². The predicted molar refractivity (Wildman–Crippen MR) is 148 cm³/mol. The number of carbonyl (C=O) groups is 2. The van der Waals surface area contributed by atoms with Crippen molar-refractivity contribution in [3.63, 3.8) is 0 Å². The van der Waals surface area contributed by atoms with E-state index in [0.29, 0.717) is 28.0 Å². The van der Waals surface area contributed by atoms with Gasteiger partial charge in [0, 0.05) is 48.6 Å². The molecule has 3 heterocycles. The van der Waals surface area contributed by atoms with Gasteiger partial charge in [0.25, 0.3) is 5.56 Å². The quantitative estimate of drug-likeness (QED) is 0.385. The Morgan fingerprint density at radius 2 is 1.78 bits per heavy atom. The van der Waals surface area contributed by atoms with E-state index in [2.05, 4.69) is 10.2 Å². The second kappa shape index (κ2) is 10.4. The van der Waals surface area contributed by atoms with Gasteiger partial charge in [-0.15, -0.1) is 0 Å². The molecular formula is C28H27N3O3S2. The average Bonchev–Trinajstić information content (AvgIpc) is 2.88. The first kappa shape index (κ1) is 24.5. The first-order chi connectivity index (χ1) is 17.4. The minimum atomic E-state index is -0.545. The Morgan fingerprint density at radius 1 is 1.00 bits per heavy atom. The van der Waals surface area contributed by atoms with Gasteiger partial charge in [-0.1, -0.05) is 72.5 Å². The molecule has 1 fully saturated rings. The van der Waals surface area contributed by atoms with Crippen LogP contribution in [-0.4, -0.2) is 38.6 Å². The van der Waals surface area contributed by atoms with E-state index in [0.717, 1.165) is 30.8 Å². The van der Waals surface area contributed by atoms with Crippen LogP contribution in [0.5, 0.6) is 0 Å². The molecule has 1 N–H and O–H groups in total. The van der Waals surface area contributed by atoms with Crippen molar-refractivity contribution in [2.24, 2.45) is 5.92 Å². The Labute approximate surface area is 219 Å². The smallest absolute Gasteiger partial charge is 0.250 e. The number of thioether (sulfide) groups is 1. The van der Waals surface area contributed by atoms with Crippen molar-refractivity contribution >= 4 is 45.7 Å². The number of rotatable bonds is 5. The molecular weight excluding hydrogens is 490 g/mol. The van der Waals surface area contributed by atoms with Crippen LogP contribution in [0.25, 0.3) is 0 Å². The summed E-state index contributed by atoms with van der Waals surface area (Å²) in [6.45, 7) is 3.71. The number of likely N-dealkylation sites (tertiary alicyclic amines) is 1. The summed E-state index contributed by atoms with van der Waals surface area (Å²) >= 11 is 7.26. The molecule has 0 aliphatic carbocycles. The molecule has 184 valence electrons. The molecule has 2 aliphatic rings. The van der Waals surface area contributed by atoms with Crippen molar-refractivity contribution in [1.82, 2.24) is 9.47 Å². The molecule has 6 nitrogen and oxygen atoms in total. The first-order valence-corrected chi connectivity index (χ1v) is 13.3. The Bertz CT molecular complexity index is 1370. The van der Waals surface area contributed by atoms with Gasteiger partial charge in [-0.2, -0.15) is 0 Å². The normalized spacial score (nSPS) is 19.2. The van der Waals surface area contributed by atoms with E-state index in [1.54, 1.807) is 30.3 Å². The zero-order chi connectivity index (χ0) is 25.2. The molecule has 0 radical (unpaired) electrons. The Hall–Kier alpha value is -3.23. The van der Waals surface area contributed by atoms with Crippen molar-refractivity contribution in [3.05, 3.63) is 100.0 Å². The molecule has 8 heteroatoms. The van der Waals surface area contributed by atoms with E-state index < -0.39 is 5.25 Å². The lowest BCUT2D eigenvalue weighted by molar-refractivity contribution is -0.115. The monoisotopic (exact) mass is 517 g/mol. The number of hydrogen-bond acceptors (Lipinski definition) is 5. The Balaban J connectivity index is 1.35. The first-order valence-electron chi connectivity index (χ1n) is 12.0. The molecule has 3 atom stereocenters. The van der Waals surface area contributed by atoms with Crippen LogP contribution in [0.2, 0.25) is 0 Å². The van der Waals surface area contributed by atoms with Crippen molar-refractivity contribution < 1.29 is 9.59 Å². The molecule has 0 unspecified atom stereocenters. The summed E-state index contributed by atoms with van der Waals surface area (Å²) in [6, 6.07) is 22.1. The second-order valence-electron chi connectivity index (χ2n) is 9.40. The summed E-state index contributed by atoms with van der Waals surface area (Å²) in [7, 11) is 0. The number of piperidine rings is 1. The number of anilines is 1. The minimum absolute atomic E-state index is 0.0549. The maximum Gasteiger partial charge on any atom is 0.250 e. The van der Waals surface area contributed by atoms with Gasteiger partial charge in [-0.05, 0) is 43.0 Å². The fourth-order valence-corrected chi connectivity index (χ4v) is 6.54. The topological polar surface area (TPSA) is 71.4 Å². The van der Waals surface area contributed by atoms with Crippen LogP contribution >= 0.6 is 24.0 Å². The third-order valence-corrected chi connectivity index (χ3v) is 8.56. The van der Waals surface area contributed by atoms with E-state index in [1.165, 1.54) is 18.7 Å². The molecule has 36 heavy (non-hydrogen) atoms. The predicted octanol–water partition coefficient (Wildman–Crippen LogP) is 4.87. The summed E-state index contributed by atoms with van der Waals surface area (Å²) in [5, 5.41) is 2.43. The van der Waals surface area contributed by atoms with Gasteiger partial charge in [0.05, 0.1) is 0 Å². The molecule has 1 amide bonds. The van der Waals surface area contributed by atoms with Crippen LogP contribution < -0.4 is 10.9 Å². The van der Waals surface area contributed by atoms with Gasteiger partial charge in [-0.3, -0.25) is 14.4 Å². The van der Waals surface area contributed by atoms with E-state index in [4.69, 9.17) is 12.2 Å². The van der Waals surface area contributed by atoms with Crippen LogP contribution in [0.3, 0.4) is 0 Å². The summed E-state index contributed by atoms with van der Waals surface area (Å²) in [6.07, 6.45) is 1.04. The zero-order valence-corrected chi connectivity index (χ0v) is 21.6. The summed E-state index contributed by atoms with van der Waals surface area (Å²) in [5.41, 5.74) is 3.11. The number of amides is 1. The lowest BCUT2D eigenvalue weighted by Crippen LogP contribution is -2.48. The summed E-state index contributed by atoms with van der Waals surface area (Å²) < 4.78 is 2.58. The maximum atomic E-state index is 13.5. The van der Waals surface area contributed by atoms with Crippen LogP contribution in [0.1, 0.15) is 46.1 Å².